The van der Waals surface area contributed by atoms with Crippen molar-refractivity contribution in [3.8, 4) is 0 Å². The molecule has 108 valence electrons. The Labute approximate surface area is 118 Å². The standard InChI is InChI=1S/C17H29NO/c1-5-7-13(6-2)12-18(4)16(19)17(3)11-14-8-9-15(17)10-14/h8-9,13-15H,5-7,10-12H2,1-4H3. The summed E-state index contributed by atoms with van der Waals surface area (Å²) in [4.78, 5) is 14.8. The van der Waals surface area contributed by atoms with Gasteiger partial charge in [0.25, 0.3) is 0 Å². The predicted octanol–water partition coefficient (Wildman–Crippen LogP) is 3.87. The van der Waals surface area contributed by atoms with Crippen molar-refractivity contribution in [1.82, 2.24) is 4.90 Å². The molecule has 0 aromatic heterocycles. The van der Waals surface area contributed by atoms with Crippen LogP contribution in [-0.4, -0.2) is 24.4 Å². The van der Waals surface area contributed by atoms with Gasteiger partial charge in [0.15, 0.2) is 0 Å². The van der Waals surface area contributed by atoms with E-state index >= 15 is 0 Å². The molecule has 0 aliphatic heterocycles. The molecule has 0 radical (unpaired) electrons. The zero-order valence-corrected chi connectivity index (χ0v) is 13.0. The van der Waals surface area contributed by atoms with Crippen molar-refractivity contribution in [3.63, 3.8) is 0 Å². The number of amides is 1. The fraction of sp³-hybridized carbons (Fsp3) is 0.824. The molecule has 19 heavy (non-hydrogen) atoms. The molecule has 2 nitrogen and oxygen atoms in total. The zero-order chi connectivity index (χ0) is 14.0. The molecule has 2 bridgehead atoms. The van der Waals surface area contributed by atoms with E-state index in [4.69, 9.17) is 0 Å². The van der Waals surface area contributed by atoms with E-state index in [1.807, 2.05) is 11.9 Å². The summed E-state index contributed by atoms with van der Waals surface area (Å²) in [7, 11) is 2.00. The Bertz CT molecular complexity index is 362. The van der Waals surface area contributed by atoms with Crippen LogP contribution in [0.4, 0.5) is 0 Å². The second-order valence-electron chi connectivity index (χ2n) is 6.86. The van der Waals surface area contributed by atoms with Crippen LogP contribution >= 0.6 is 0 Å². The summed E-state index contributed by atoms with van der Waals surface area (Å²) < 4.78 is 0. The Morgan fingerprint density at radius 1 is 1.42 bits per heavy atom. The molecule has 0 heterocycles. The Balaban J connectivity index is 1.97. The van der Waals surface area contributed by atoms with Crippen molar-refractivity contribution in [2.24, 2.45) is 23.2 Å². The largest absolute Gasteiger partial charge is 0.345 e. The monoisotopic (exact) mass is 263 g/mol. The average Bonchev–Trinajstić information content (AvgIpc) is 2.97. The average molecular weight is 263 g/mol. The van der Waals surface area contributed by atoms with Gasteiger partial charge in [0.2, 0.25) is 5.91 Å². The van der Waals surface area contributed by atoms with E-state index in [2.05, 4.69) is 32.9 Å². The summed E-state index contributed by atoms with van der Waals surface area (Å²) in [6.07, 6.45) is 10.5. The molecule has 1 amide bonds. The van der Waals surface area contributed by atoms with Crippen molar-refractivity contribution in [2.45, 2.75) is 52.9 Å². The lowest BCUT2D eigenvalue weighted by atomic mass is 9.76. The van der Waals surface area contributed by atoms with Crippen LogP contribution in [0.15, 0.2) is 12.2 Å². The Hall–Kier alpha value is -0.790. The molecular formula is C17H29NO. The van der Waals surface area contributed by atoms with Crippen LogP contribution in [-0.2, 0) is 4.79 Å². The molecule has 0 spiro atoms. The number of carbonyl (C=O) groups excluding carboxylic acids is 1. The van der Waals surface area contributed by atoms with Gasteiger partial charge < -0.3 is 4.90 Å². The van der Waals surface area contributed by atoms with Gasteiger partial charge >= 0.3 is 0 Å². The van der Waals surface area contributed by atoms with Gasteiger partial charge in [0, 0.05) is 13.6 Å². The quantitative estimate of drug-likeness (QED) is 0.666. The molecule has 0 N–H and O–H groups in total. The predicted molar refractivity (Wildman–Crippen MR) is 79.8 cm³/mol. The molecule has 1 saturated carbocycles. The third kappa shape index (κ3) is 2.73. The van der Waals surface area contributed by atoms with Crippen molar-refractivity contribution in [3.05, 3.63) is 12.2 Å². The second-order valence-corrected chi connectivity index (χ2v) is 6.86. The maximum atomic E-state index is 12.8. The molecule has 2 aliphatic carbocycles. The molecule has 0 saturated heterocycles. The highest BCUT2D eigenvalue weighted by Crippen LogP contribution is 2.52. The third-order valence-corrected chi connectivity index (χ3v) is 5.32. The van der Waals surface area contributed by atoms with E-state index in [1.54, 1.807) is 0 Å². The minimum absolute atomic E-state index is 0.126. The minimum atomic E-state index is -0.126. The first-order valence-electron chi connectivity index (χ1n) is 7.95. The van der Waals surface area contributed by atoms with E-state index in [0.717, 1.165) is 13.0 Å². The summed E-state index contributed by atoms with van der Waals surface area (Å²) in [5.74, 6) is 2.18. The molecule has 4 atom stereocenters. The number of rotatable bonds is 6. The van der Waals surface area contributed by atoms with Gasteiger partial charge in [-0.15, -0.1) is 0 Å². The van der Waals surface area contributed by atoms with Gasteiger partial charge in [0.1, 0.15) is 0 Å². The fourth-order valence-electron chi connectivity index (χ4n) is 4.08. The third-order valence-electron chi connectivity index (χ3n) is 5.32. The highest BCUT2D eigenvalue weighted by atomic mass is 16.2. The van der Waals surface area contributed by atoms with Gasteiger partial charge in [-0.25, -0.2) is 0 Å². The summed E-state index contributed by atoms with van der Waals surface area (Å²) in [5, 5.41) is 0. The van der Waals surface area contributed by atoms with Crippen LogP contribution in [0.1, 0.15) is 52.9 Å². The Morgan fingerprint density at radius 3 is 2.63 bits per heavy atom. The van der Waals surface area contributed by atoms with Crippen molar-refractivity contribution in [1.29, 1.82) is 0 Å². The van der Waals surface area contributed by atoms with Crippen LogP contribution in [0, 0.1) is 23.2 Å². The van der Waals surface area contributed by atoms with E-state index < -0.39 is 0 Å². The fourth-order valence-corrected chi connectivity index (χ4v) is 4.08. The minimum Gasteiger partial charge on any atom is -0.345 e. The first-order chi connectivity index (χ1) is 9.01. The van der Waals surface area contributed by atoms with Gasteiger partial charge in [-0.3, -0.25) is 4.79 Å². The topological polar surface area (TPSA) is 20.3 Å². The van der Waals surface area contributed by atoms with Crippen molar-refractivity contribution < 1.29 is 4.79 Å². The molecular weight excluding hydrogens is 234 g/mol. The van der Waals surface area contributed by atoms with Gasteiger partial charge in [-0.05, 0) is 37.0 Å². The van der Waals surface area contributed by atoms with Gasteiger partial charge in [0.05, 0.1) is 5.41 Å². The summed E-state index contributed by atoms with van der Waals surface area (Å²) in [5.41, 5.74) is -0.126. The van der Waals surface area contributed by atoms with E-state index in [1.165, 1.54) is 25.7 Å². The SMILES string of the molecule is CCCC(CC)CN(C)C(=O)C1(C)CC2C=CC1C2. The summed E-state index contributed by atoms with van der Waals surface area (Å²) in [6.45, 7) is 7.58. The van der Waals surface area contributed by atoms with Crippen LogP contribution < -0.4 is 0 Å². The Morgan fingerprint density at radius 2 is 2.16 bits per heavy atom. The molecule has 0 aromatic rings. The van der Waals surface area contributed by atoms with Crippen LogP contribution in [0.2, 0.25) is 0 Å². The number of hydrogen-bond donors (Lipinski definition) is 0. The van der Waals surface area contributed by atoms with E-state index in [0.29, 0.717) is 23.7 Å². The van der Waals surface area contributed by atoms with E-state index in [9.17, 15) is 4.79 Å². The summed E-state index contributed by atoms with van der Waals surface area (Å²) >= 11 is 0. The van der Waals surface area contributed by atoms with Crippen molar-refractivity contribution in [2.75, 3.05) is 13.6 Å². The van der Waals surface area contributed by atoms with E-state index in [-0.39, 0.29) is 5.41 Å². The summed E-state index contributed by atoms with van der Waals surface area (Å²) in [6, 6.07) is 0. The maximum absolute atomic E-state index is 12.8. The molecule has 2 aliphatic rings. The molecule has 1 fully saturated rings. The number of hydrogen-bond acceptors (Lipinski definition) is 1. The Kier molecular flexibility index (Phi) is 4.37. The zero-order valence-electron chi connectivity index (χ0n) is 13.0. The molecule has 0 aromatic carbocycles. The molecule has 2 rings (SSSR count). The van der Waals surface area contributed by atoms with Gasteiger partial charge in [-0.2, -0.15) is 0 Å². The lowest BCUT2D eigenvalue weighted by Gasteiger charge is -2.35. The first-order valence-corrected chi connectivity index (χ1v) is 7.95. The molecule has 4 unspecified atom stereocenters. The number of fused-ring (bicyclic) bond motifs is 2. The van der Waals surface area contributed by atoms with Crippen LogP contribution in [0.25, 0.3) is 0 Å². The molecule has 2 heteroatoms. The van der Waals surface area contributed by atoms with Gasteiger partial charge in [-0.1, -0.05) is 45.8 Å². The smallest absolute Gasteiger partial charge is 0.228 e. The lowest BCUT2D eigenvalue weighted by molar-refractivity contribution is -0.142. The lowest BCUT2D eigenvalue weighted by Crippen LogP contribution is -2.44. The second kappa shape index (κ2) is 5.68. The number of carbonyl (C=O) groups is 1. The first kappa shape index (κ1) is 14.6. The van der Waals surface area contributed by atoms with Crippen LogP contribution in [0.3, 0.4) is 0 Å². The van der Waals surface area contributed by atoms with Crippen molar-refractivity contribution >= 4 is 5.91 Å². The highest BCUT2D eigenvalue weighted by molar-refractivity contribution is 5.83. The number of allylic oxidation sites excluding steroid dienone is 2. The van der Waals surface area contributed by atoms with Crippen LogP contribution in [0.5, 0.6) is 0 Å². The maximum Gasteiger partial charge on any atom is 0.228 e. The number of nitrogens with zero attached hydrogens (tertiary/aromatic N) is 1. The highest BCUT2D eigenvalue weighted by Gasteiger charge is 2.50. The normalized spacial score (nSPS) is 33.7.